The first-order valence-electron chi connectivity index (χ1n) is 13.1. The van der Waals surface area contributed by atoms with Crippen LogP contribution >= 0.6 is 11.6 Å². The predicted octanol–water partition coefficient (Wildman–Crippen LogP) is 3.87. The summed E-state index contributed by atoms with van der Waals surface area (Å²) < 4.78 is 6.98. The number of non-ortho nitro benzene ring substituents is 1. The topological polar surface area (TPSA) is 132 Å². The SMILES string of the molecule is Cn1nc(C(=O)NCc2ccc(Cl)cc2)c(=O)c2cc(CN3CCOCC3)cc(NCc3cccc([N+](=O)[O-])c3)c21. The van der Waals surface area contributed by atoms with Crippen molar-refractivity contribution in [3.8, 4) is 0 Å². The molecule has 0 saturated carbocycles. The van der Waals surface area contributed by atoms with E-state index < -0.39 is 16.3 Å². The maximum absolute atomic E-state index is 13.7. The van der Waals surface area contributed by atoms with Crippen molar-refractivity contribution < 1.29 is 14.5 Å². The van der Waals surface area contributed by atoms with Crippen LogP contribution in [0.25, 0.3) is 10.9 Å². The molecule has 1 amide bonds. The highest BCUT2D eigenvalue weighted by atomic mass is 35.5. The number of hydrogen-bond acceptors (Lipinski definition) is 8. The van der Waals surface area contributed by atoms with Gasteiger partial charge in [0, 0.05) is 56.9 Å². The second kappa shape index (κ2) is 12.5. The van der Waals surface area contributed by atoms with Gasteiger partial charge in [-0.15, -0.1) is 0 Å². The van der Waals surface area contributed by atoms with Crippen LogP contribution in [0.5, 0.6) is 0 Å². The molecule has 4 aromatic rings. The van der Waals surface area contributed by atoms with Gasteiger partial charge in [0.25, 0.3) is 11.6 Å². The first kappa shape index (κ1) is 28.2. The van der Waals surface area contributed by atoms with Gasteiger partial charge in [0.05, 0.1) is 34.7 Å². The lowest BCUT2D eigenvalue weighted by atomic mass is 10.1. The van der Waals surface area contributed by atoms with Gasteiger partial charge in [-0.1, -0.05) is 35.9 Å². The molecule has 212 valence electrons. The molecule has 5 rings (SSSR count). The Morgan fingerprint density at radius 3 is 2.54 bits per heavy atom. The Hall–Kier alpha value is -4.32. The number of carbonyl (C=O) groups excluding carboxylic acids is 1. The molecule has 1 aromatic heterocycles. The first-order chi connectivity index (χ1) is 19.8. The van der Waals surface area contributed by atoms with Gasteiger partial charge in [0.1, 0.15) is 0 Å². The number of hydrogen-bond donors (Lipinski definition) is 2. The van der Waals surface area contributed by atoms with E-state index in [9.17, 15) is 19.7 Å². The number of aromatic nitrogens is 2. The number of ether oxygens (including phenoxy) is 1. The fourth-order valence-electron chi connectivity index (χ4n) is 4.83. The van der Waals surface area contributed by atoms with E-state index in [2.05, 4.69) is 20.6 Å². The molecular formula is C29H29ClN6O5. The van der Waals surface area contributed by atoms with Gasteiger partial charge in [-0.2, -0.15) is 5.10 Å². The second-order valence-electron chi connectivity index (χ2n) is 9.82. The molecule has 3 aromatic carbocycles. The standard InChI is InChI=1S/C29H29ClN6O5/c1-34-27-24(28(37)26(33-34)29(38)32-16-19-5-7-22(30)8-6-19)14-21(18-35-9-11-41-12-10-35)15-25(27)31-17-20-3-2-4-23(13-20)36(39)40/h2-8,13-15,31H,9-12,16-18H2,1H3,(H,32,38). The van der Waals surface area contributed by atoms with E-state index in [-0.39, 0.29) is 24.5 Å². The first-order valence-corrected chi connectivity index (χ1v) is 13.5. The Bertz CT molecular complexity index is 1650. The number of nitro groups is 1. The van der Waals surface area contributed by atoms with E-state index in [1.54, 1.807) is 43.4 Å². The number of benzene rings is 3. The number of aryl methyl sites for hydroxylation is 1. The molecule has 1 aliphatic rings. The third kappa shape index (κ3) is 6.71. The number of nitro benzene ring substituents is 1. The van der Waals surface area contributed by atoms with E-state index in [1.165, 1.54) is 16.8 Å². The van der Waals surface area contributed by atoms with Gasteiger partial charge in [-0.05, 0) is 41.0 Å². The van der Waals surface area contributed by atoms with Crippen molar-refractivity contribution in [1.82, 2.24) is 20.0 Å². The number of halogens is 1. The number of nitrogens with one attached hydrogen (secondary N) is 2. The van der Waals surface area contributed by atoms with Crippen molar-refractivity contribution in [3.63, 3.8) is 0 Å². The van der Waals surface area contributed by atoms with E-state index in [1.807, 2.05) is 12.1 Å². The molecule has 2 heterocycles. The Labute approximate surface area is 240 Å². The Morgan fingerprint density at radius 1 is 1.05 bits per heavy atom. The summed E-state index contributed by atoms with van der Waals surface area (Å²) in [4.78, 5) is 39.8. The number of amides is 1. The highest BCUT2D eigenvalue weighted by Crippen LogP contribution is 2.26. The Kier molecular flexibility index (Phi) is 8.58. The minimum atomic E-state index is -0.577. The molecule has 0 bridgehead atoms. The Balaban J connectivity index is 1.49. The minimum absolute atomic E-state index is 0.00135. The van der Waals surface area contributed by atoms with Crippen LogP contribution in [0.1, 0.15) is 27.2 Å². The lowest BCUT2D eigenvalue weighted by molar-refractivity contribution is -0.384. The van der Waals surface area contributed by atoms with E-state index in [0.717, 1.165) is 24.2 Å². The fraction of sp³-hybridized carbons (Fsp3) is 0.276. The van der Waals surface area contributed by atoms with Gasteiger partial charge in [-0.25, -0.2) is 0 Å². The summed E-state index contributed by atoms with van der Waals surface area (Å²) in [5.41, 5.74) is 2.91. The van der Waals surface area contributed by atoms with Gasteiger partial charge >= 0.3 is 0 Å². The van der Waals surface area contributed by atoms with Gasteiger partial charge in [0.2, 0.25) is 5.43 Å². The second-order valence-corrected chi connectivity index (χ2v) is 10.3. The molecule has 0 spiro atoms. The summed E-state index contributed by atoms with van der Waals surface area (Å²) in [7, 11) is 1.68. The summed E-state index contributed by atoms with van der Waals surface area (Å²) in [6.07, 6.45) is 0. The number of nitrogens with zero attached hydrogens (tertiary/aromatic N) is 4. The molecule has 2 N–H and O–H groups in total. The molecule has 12 heteroatoms. The lowest BCUT2D eigenvalue weighted by Gasteiger charge is -2.27. The number of anilines is 1. The minimum Gasteiger partial charge on any atom is -0.379 e. The van der Waals surface area contributed by atoms with Crippen molar-refractivity contribution in [3.05, 3.63) is 108 Å². The molecule has 1 saturated heterocycles. The molecule has 0 unspecified atom stereocenters. The molecule has 1 fully saturated rings. The highest BCUT2D eigenvalue weighted by molar-refractivity contribution is 6.30. The molecular weight excluding hydrogens is 548 g/mol. The van der Waals surface area contributed by atoms with Crippen LogP contribution in [0.2, 0.25) is 5.02 Å². The number of morpholine rings is 1. The zero-order chi connectivity index (χ0) is 28.9. The molecule has 41 heavy (non-hydrogen) atoms. The number of carbonyl (C=O) groups is 1. The van der Waals surface area contributed by atoms with Crippen molar-refractivity contribution in [1.29, 1.82) is 0 Å². The van der Waals surface area contributed by atoms with Crippen LogP contribution in [0.4, 0.5) is 11.4 Å². The summed E-state index contributed by atoms with van der Waals surface area (Å²) in [6.45, 7) is 3.89. The average molecular weight is 577 g/mol. The zero-order valence-corrected chi connectivity index (χ0v) is 23.2. The van der Waals surface area contributed by atoms with E-state index in [0.29, 0.717) is 46.9 Å². The molecule has 1 aliphatic heterocycles. The normalized spacial score (nSPS) is 13.7. The highest BCUT2D eigenvalue weighted by Gasteiger charge is 2.20. The fourth-order valence-corrected chi connectivity index (χ4v) is 4.95. The molecule has 11 nitrogen and oxygen atoms in total. The summed E-state index contributed by atoms with van der Waals surface area (Å²) in [6, 6.07) is 17.2. The van der Waals surface area contributed by atoms with Crippen LogP contribution in [0.3, 0.4) is 0 Å². The van der Waals surface area contributed by atoms with Crippen LogP contribution < -0.4 is 16.1 Å². The van der Waals surface area contributed by atoms with Gasteiger partial charge < -0.3 is 15.4 Å². The third-order valence-corrected chi connectivity index (χ3v) is 7.15. The largest absolute Gasteiger partial charge is 0.379 e. The summed E-state index contributed by atoms with van der Waals surface area (Å²) in [5, 5.41) is 22.6. The number of rotatable bonds is 9. The van der Waals surface area contributed by atoms with E-state index >= 15 is 0 Å². The summed E-state index contributed by atoms with van der Waals surface area (Å²) in [5.74, 6) is -0.577. The smallest absolute Gasteiger partial charge is 0.276 e. The predicted molar refractivity (Wildman–Crippen MR) is 156 cm³/mol. The van der Waals surface area contributed by atoms with Crippen molar-refractivity contribution in [2.24, 2.45) is 7.05 Å². The maximum atomic E-state index is 13.7. The summed E-state index contributed by atoms with van der Waals surface area (Å²) >= 11 is 5.94. The lowest BCUT2D eigenvalue weighted by Crippen LogP contribution is -2.35. The van der Waals surface area contributed by atoms with Crippen molar-refractivity contribution in [2.45, 2.75) is 19.6 Å². The quantitative estimate of drug-likeness (QED) is 0.227. The zero-order valence-electron chi connectivity index (χ0n) is 22.4. The monoisotopic (exact) mass is 576 g/mol. The van der Waals surface area contributed by atoms with Gasteiger partial charge in [-0.3, -0.25) is 29.3 Å². The van der Waals surface area contributed by atoms with Crippen molar-refractivity contribution in [2.75, 3.05) is 31.6 Å². The Morgan fingerprint density at radius 2 is 1.80 bits per heavy atom. The van der Waals surface area contributed by atoms with Crippen molar-refractivity contribution >= 4 is 39.8 Å². The van der Waals surface area contributed by atoms with E-state index in [4.69, 9.17) is 16.3 Å². The average Bonchev–Trinajstić information content (AvgIpc) is 2.98. The van der Waals surface area contributed by atoms with Crippen LogP contribution in [0.15, 0.2) is 65.5 Å². The maximum Gasteiger partial charge on any atom is 0.276 e. The molecule has 0 atom stereocenters. The molecule has 0 aliphatic carbocycles. The van der Waals surface area contributed by atoms with Crippen LogP contribution in [-0.4, -0.2) is 51.8 Å². The third-order valence-electron chi connectivity index (χ3n) is 6.90. The van der Waals surface area contributed by atoms with Crippen LogP contribution in [0, 0.1) is 10.1 Å². The number of fused-ring (bicyclic) bond motifs is 1. The molecule has 0 radical (unpaired) electrons. The van der Waals surface area contributed by atoms with Gasteiger partial charge in [0.15, 0.2) is 5.69 Å². The van der Waals surface area contributed by atoms with Crippen LogP contribution in [-0.2, 0) is 31.4 Å².